The summed E-state index contributed by atoms with van der Waals surface area (Å²) in [6.07, 6.45) is 4.95. The Balaban J connectivity index is 2.26. The van der Waals surface area contributed by atoms with E-state index in [1.54, 1.807) is 0 Å². The first-order chi connectivity index (χ1) is 10.9. The van der Waals surface area contributed by atoms with Crippen LogP contribution in [0.4, 0.5) is 5.69 Å². The molecule has 0 bridgehead atoms. The number of hydrogen-bond acceptors (Lipinski definition) is 3. The summed E-state index contributed by atoms with van der Waals surface area (Å²) in [5, 5.41) is 2.91. The molecule has 1 aliphatic carbocycles. The van der Waals surface area contributed by atoms with Gasteiger partial charge >= 0.3 is 0 Å². The summed E-state index contributed by atoms with van der Waals surface area (Å²) >= 11 is 0. The minimum atomic E-state index is -3.44. The number of carbonyl (C=O) groups is 1. The van der Waals surface area contributed by atoms with Crippen LogP contribution in [0, 0.1) is 0 Å². The van der Waals surface area contributed by atoms with Crippen molar-refractivity contribution in [2.75, 3.05) is 17.1 Å². The summed E-state index contributed by atoms with van der Waals surface area (Å²) < 4.78 is 26.0. The molecule has 1 aliphatic rings. The fourth-order valence-electron chi connectivity index (χ4n) is 2.71. The van der Waals surface area contributed by atoms with Gasteiger partial charge in [-0.1, -0.05) is 32.0 Å². The summed E-state index contributed by atoms with van der Waals surface area (Å²) in [6, 6.07) is 6.17. The lowest BCUT2D eigenvalue weighted by Crippen LogP contribution is -2.36. The minimum absolute atomic E-state index is 0.0758. The van der Waals surface area contributed by atoms with E-state index in [-0.39, 0.29) is 18.9 Å². The second-order valence-corrected chi connectivity index (χ2v) is 7.97. The first-order valence-corrected chi connectivity index (χ1v) is 10.1. The lowest BCUT2D eigenvalue weighted by Gasteiger charge is -2.27. The number of aryl methyl sites for hydroxylation is 2. The Morgan fingerprint density at radius 3 is 2.22 bits per heavy atom. The Bertz CT molecular complexity index is 644. The van der Waals surface area contributed by atoms with Gasteiger partial charge in [0.2, 0.25) is 15.9 Å². The van der Waals surface area contributed by atoms with Gasteiger partial charge in [0, 0.05) is 19.0 Å². The Morgan fingerprint density at radius 2 is 1.78 bits per heavy atom. The maximum absolute atomic E-state index is 12.3. The molecule has 23 heavy (non-hydrogen) atoms. The van der Waals surface area contributed by atoms with Crippen molar-refractivity contribution in [3.8, 4) is 0 Å². The predicted octanol–water partition coefficient (Wildman–Crippen LogP) is 2.25. The van der Waals surface area contributed by atoms with Crippen LogP contribution in [0.2, 0.25) is 0 Å². The lowest BCUT2D eigenvalue weighted by molar-refractivity contribution is -0.121. The van der Waals surface area contributed by atoms with Crippen LogP contribution >= 0.6 is 0 Å². The number of nitrogens with zero attached hydrogens (tertiary/aromatic N) is 1. The number of sulfonamides is 1. The topological polar surface area (TPSA) is 66.5 Å². The highest BCUT2D eigenvalue weighted by Gasteiger charge is 2.26. The standard InChI is InChI=1S/C17H26N2O3S/c1-4-13-7-6-8-14(5-2)17(13)19(23(3,21)22)12-11-16(20)18-15-9-10-15/h6-8,15H,4-5,9-12H2,1-3H3,(H,18,20). The number of nitrogens with one attached hydrogen (secondary N) is 1. The molecule has 128 valence electrons. The van der Waals surface area contributed by atoms with Gasteiger partial charge in [-0.15, -0.1) is 0 Å². The Kier molecular flexibility index (Phi) is 5.68. The highest BCUT2D eigenvalue weighted by atomic mass is 32.2. The highest BCUT2D eigenvalue weighted by molar-refractivity contribution is 7.92. The van der Waals surface area contributed by atoms with Crippen molar-refractivity contribution in [1.29, 1.82) is 0 Å². The molecule has 1 aromatic carbocycles. The molecule has 0 aromatic heterocycles. The van der Waals surface area contributed by atoms with Crippen molar-refractivity contribution < 1.29 is 13.2 Å². The van der Waals surface area contributed by atoms with Crippen LogP contribution in [0.1, 0.15) is 44.2 Å². The van der Waals surface area contributed by atoms with E-state index in [1.807, 2.05) is 32.0 Å². The molecule has 0 unspecified atom stereocenters. The smallest absolute Gasteiger partial charge is 0.232 e. The van der Waals surface area contributed by atoms with Gasteiger partial charge in [-0.3, -0.25) is 9.10 Å². The van der Waals surface area contributed by atoms with E-state index in [1.165, 1.54) is 10.6 Å². The third kappa shape index (κ3) is 4.70. The third-order valence-electron chi connectivity index (χ3n) is 4.10. The molecule has 0 heterocycles. The van der Waals surface area contributed by atoms with E-state index in [0.29, 0.717) is 6.04 Å². The molecular formula is C17H26N2O3S. The van der Waals surface area contributed by atoms with Crippen LogP contribution < -0.4 is 9.62 Å². The molecule has 0 atom stereocenters. The lowest BCUT2D eigenvalue weighted by atomic mass is 10.0. The molecule has 0 saturated heterocycles. The number of rotatable bonds is 8. The van der Waals surface area contributed by atoms with E-state index in [0.717, 1.165) is 42.5 Å². The van der Waals surface area contributed by atoms with Gasteiger partial charge in [-0.2, -0.15) is 0 Å². The highest BCUT2D eigenvalue weighted by Crippen LogP contribution is 2.29. The summed E-state index contributed by atoms with van der Waals surface area (Å²) in [5.41, 5.74) is 2.74. The summed E-state index contributed by atoms with van der Waals surface area (Å²) in [6.45, 7) is 4.21. The molecule has 0 spiro atoms. The van der Waals surface area contributed by atoms with Crippen molar-refractivity contribution in [1.82, 2.24) is 5.32 Å². The molecule has 6 heteroatoms. The fraction of sp³-hybridized carbons (Fsp3) is 0.588. The number of para-hydroxylation sites is 1. The second-order valence-electron chi connectivity index (χ2n) is 6.06. The molecule has 1 fully saturated rings. The Hall–Kier alpha value is -1.56. The maximum atomic E-state index is 12.3. The number of hydrogen-bond donors (Lipinski definition) is 1. The Morgan fingerprint density at radius 1 is 1.22 bits per heavy atom. The molecule has 1 amide bonds. The summed E-state index contributed by atoms with van der Waals surface area (Å²) in [4.78, 5) is 11.9. The number of anilines is 1. The van der Waals surface area contributed by atoms with Gasteiger partial charge in [-0.05, 0) is 36.8 Å². The summed E-state index contributed by atoms with van der Waals surface area (Å²) in [5.74, 6) is -0.0758. The third-order valence-corrected chi connectivity index (χ3v) is 5.26. The van der Waals surface area contributed by atoms with E-state index in [2.05, 4.69) is 5.32 Å². The van der Waals surface area contributed by atoms with Crippen LogP contribution in [0.3, 0.4) is 0 Å². The van der Waals surface area contributed by atoms with Gasteiger partial charge in [0.1, 0.15) is 0 Å². The molecule has 5 nitrogen and oxygen atoms in total. The fourth-order valence-corrected chi connectivity index (χ4v) is 3.70. The number of carbonyl (C=O) groups excluding carboxylic acids is 1. The van der Waals surface area contributed by atoms with Crippen LogP contribution in [-0.2, 0) is 27.7 Å². The summed E-state index contributed by atoms with van der Waals surface area (Å²) in [7, 11) is -3.44. The zero-order valence-electron chi connectivity index (χ0n) is 14.1. The van der Waals surface area contributed by atoms with E-state index in [4.69, 9.17) is 0 Å². The van der Waals surface area contributed by atoms with E-state index in [9.17, 15) is 13.2 Å². The van der Waals surface area contributed by atoms with Gasteiger partial charge in [0.25, 0.3) is 0 Å². The molecule has 1 saturated carbocycles. The van der Waals surface area contributed by atoms with E-state index < -0.39 is 10.0 Å². The van der Waals surface area contributed by atoms with Crippen LogP contribution in [0.15, 0.2) is 18.2 Å². The van der Waals surface area contributed by atoms with Gasteiger partial charge in [-0.25, -0.2) is 8.42 Å². The SMILES string of the molecule is CCc1cccc(CC)c1N(CCC(=O)NC1CC1)S(C)(=O)=O. The van der Waals surface area contributed by atoms with E-state index >= 15 is 0 Å². The average Bonchev–Trinajstić information content (AvgIpc) is 3.29. The zero-order valence-corrected chi connectivity index (χ0v) is 14.9. The molecule has 1 N–H and O–H groups in total. The van der Waals surface area contributed by atoms with Crippen molar-refractivity contribution in [2.45, 2.75) is 52.0 Å². The average molecular weight is 338 g/mol. The number of benzene rings is 1. The largest absolute Gasteiger partial charge is 0.353 e. The number of amides is 1. The molecule has 2 rings (SSSR count). The van der Waals surface area contributed by atoms with Crippen LogP contribution in [0.25, 0.3) is 0 Å². The van der Waals surface area contributed by atoms with Crippen molar-refractivity contribution in [3.05, 3.63) is 29.3 Å². The monoisotopic (exact) mass is 338 g/mol. The molecule has 0 aliphatic heterocycles. The van der Waals surface area contributed by atoms with Crippen LogP contribution in [0.5, 0.6) is 0 Å². The Labute approximate surface area is 139 Å². The zero-order chi connectivity index (χ0) is 17.0. The van der Waals surface area contributed by atoms with Crippen molar-refractivity contribution >= 4 is 21.6 Å². The van der Waals surface area contributed by atoms with Gasteiger partial charge in [0.05, 0.1) is 11.9 Å². The molecule has 0 radical (unpaired) electrons. The minimum Gasteiger partial charge on any atom is -0.353 e. The maximum Gasteiger partial charge on any atom is 0.232 e. The molecule has 1 aromatic rings. The van der Waals surface area contributed by atoms with Crippen molar-refractivity contribution in [3.63, 3.8) is 0 Å². The van der Waals surface area contributed by atoms with Gasteiger partial charge < -0.3 is 5.32 Å². The van der Waals surface area contributed by atoms with Gasteiger partial charge in [0.15, 0.2) is 0 Å². The predicted molar refractivity (Wildman–Crippen MR) is 93.2 cm³/mol. The normalized spacial score (nSPS) is 14.6. The molecular weight excluding hydrogens is 312 g/mol. The first kappa shape index (κ1) is 17.8. The van der Waals surface area contributed by atoms with Crippen LogP contribution in [-0.4, -0.2) is 33.2 Å². The quantitative estimate of drug-likeness (QED) is 0.790. The first-order valence-electron chi connectivity index (χ1n) is 8.24. The second kappa shape index (κ2) is 7.34. The van der Waals surface area contributed by atoms with Crippen molar-refractivity contribution in [2.24, 2.45) is 0 Å².